The van der Waals surface area contributed by atoms with Crippen molar-refractivity contribution in [1.29, 1.82) is 0 Å². The van der Waals surface area contributed by atoms with Crippen LogP contribution in [-0.4, -0.2) is 34.9 Å². The summed E-state index contributed by atoms with van der Waals surface area (Å²) in [5.74, 6) is -4.01. The predicted molar refractivity (Wildman–Crippen MR) is 57.0 cm³/mol. The first-order valence-corrected chi connectivity index (χ1v) is 5.84. The molecule has 1 rings (SSSR count). The monoisotopic (exact) mass is 336 g/mol. The van der Waals surface area contributed by atoms with E-state index in [4.69, 9.17) is 5.11 Å². The molecule has 0 radical (unpaired) electrons. The molecule has 0 saturated heterocycles. The molecule has 0 spiro atoms. The fourth-order valence-corrected chi connectivity index (χ4v) is 1.72. The molecule has 0 unspecified atom stereocenters. The first-order valence-electron chi connectivity index (χ1n) is 4.90. The average molecular weight is 336 g/mol. The smallest absolute Gasteiger partial charge is 0.366 e. The van der Waals surface area contributed by atoms with Crippen LogP contribution < -0.4 is 10.9 Å². The normalized spacial score (nSPS) is 12.9. The lowest BCUT2D eigenvalue weighted by Gasteiger charge is -2.30. The topological polar surface area (TPSA) is 78.4 Å². The third-order valence-electron chi connectivity index (χ3n) is 2.22. The zero-order valence-electron chi connectivity index (χ0n) is 9.67. The Balaban J connectivity index is 2.87. The molecule has 0 bridgehead atoms. The van der Waals surface area contributed by atoms with Crippen molar-refractivity contribution in [2.45, 2.75) is 18.0 Å². The number of hydrogen-bond donors (Lipinski definition) is 3. The van der Waals surface area contributed by atoms with Gasteiger partial charge in [-0.3, -0.25) is 20.4 Å². The van der Waals surface area contributed by atoms with Gasteiger partial charge in [-0.25, -0.2) is 0 Å². The Morgan fingerprint density at radius 2 is 1.57 bits per heavy atom. The molecular weight excluding hydrogens is 330 g/mol. The van der Waals surface area contributed by atoms with E-state index >= 15 is 0 Å². The van der Waals surface area contributed by atoms with E-state index in [-0.39, 0.29) is 5.56 Å². The van der Waals surface area contributed by atoms with E-state index in [1.165, 1.54) is 22.3 Å². The fourth-order valence-electron chi connectivity index (χ4n) is 1.09. The van der Waals surface area contributed by atoms with E-state index in [1.54, 1.807) is 0 Å². The summed E-state index contributed by atoms with van der Waals surface area (Å²) in [4.78, 5) is 22.3. The highest BCUT2D eigenvalue weighted by Gasteiger charge is 2.75. The number of hydrazine groups is 1. The minimum Gasteiger partial charge on any atom is -0.366 e. The summed E-state index contributed by atoms with van der Waals surface area (Å²) >= 11 is 1.03. The van der Waals surface area contributed by atoms with Gasteiger partial charge in [0.15, 0.2) is 0 Å². The van der Waals surface area contributed by atoms with Crippen LogP contribution in [-0.2, 0) is 4.79 Å². The lowest BCUT2D eigenvalue weighted by Crippen LogP contribution is -2.67. The van der Waals surface area contributed by atoms with Gasteiger partial charge in [-0.15, -0.1) is 0 Å². The number of amides is 2. The molecule has 3 N–H and O–H groups in total. The van der Waals surface area contributed by atoms with Gasteiger partial charge in [0.1, 0.15) is 0 Å². The number of carbonyl (C=O) groups is 2. The minimum absolute atomic E-state index is 0.0946. The highest BCUT2D eigenvalue weighted by Crippen LogP contribution is 2.43. The van der Waals surface area contributed by atoms with E-state index in [0.717, 1.165) is 16.8 Å². The first-order chi connectivity index (χ1) is 9.41. The number of alkyl halides is 6. The SMILES string of the molecule is O=C(NNC(=O)C(O)(C(F)(F)F)C(F)(F)F)c1ccsc1. The first kappa shape index (κ1) is 17.2. The van der Waals surface area contributed by atoms with Crippen LogP contribution in [0.2, 0.25) is 0 Å². The number of rotatable bonds is 2. The molecule has 2 amide bonds. The molecular formula is C9H6F6N2O3S. The van der Waals surface area contributed by atoms with Crippen LogP contribution in [0.3, 0.4) is 0 Å². The minimum atomic E-state index is -6.32. The van der Waals surface area contributed by atoms with Crippen molar-refractivity contribution < 1.29 is 41.0 Å². The third kappa shape index (κ3) is 3.26. The van der Waals surface area contributed by atoms with E-state index in [2.05, 4.69) is 0 Å². The summed E-state index contributed by atoms with van der Waals surface area (Å²) in [5.41, 5.74) is -3.49. The van der Waals surface area contributed by atoms with Gasteiger partial charge in [0.25, 0.3) is 11.8 Å². The number of aliphatic hydroxyl groups is 1. The van der Waals surface area contributed by atoms with Gasteiger partial charge < -0.3 is 5.11 Å². The second-order valence-electron chi connectivity index (χ2n) is 3.63. The van der Waals surface area contributed by atoms with Gasteiger partial charge in [0.2, 0.25) is 0 Å². The molecule has 0 saturated carbocycles. The quantitative estimate of drug-likeness (QED) is 0.564. The van der Waals surface area contributed by atoms with Crippen LogP contribution in [0.15, 0.2) is 16.8 Å². The van der Waals surface area contributed by atoms with Crippen LogP contribution in [0, 0.1) is 0 Å². The summed E-state index contributed by atoms with van der Waals surface area (Å²) in [6, 6.07) is 1.21. The second-order valence-corrected chi connectivity index (χ2v) is 4.41. The van der Waals surface area contributed by atoms with Crippen molar-refractivity contribution in [2.75, 3.05) is 0 Å². The largest absolute Gasteiger partial charge is 0.435 e. The van der Waals surface area contributed by atoms with Crippen molar-refractivity contribution in [3.05, 3.63) is 22.4 Å². The van der Waals surface area contributed by atoms with Crippen LogP contribution in [0.5, 0.6) is 0 Å². The van der Waals surface area contributed by atoms with Crippen molar-refractivity contribution in [3.63, 3.8) is 0 Å². The van der Waals surface area contributed by atoms with Gasteiger partial charge in [-0.2, -0.15) is 37.7 Å². The molecule has 12 heteroatoms. The average Bonchev–Trinajstić information content (AvgIpc) is 2.85. The molecule has 0 aliphatic carbocycles. The van der Waals surface area contributed by atoms with Crippen molar-refractivity contribution in [1.82, 2.24) is 10.9 Å². The number of nitrogens with one attached hydrogen (secondary N) is 2. The van der Waals surface area contributed by atoms with Gasteiger partial charge >= 0.3 is 18.0 Å². The zero-order chi connectivity index (χ0) is 16.5. The van der Waals surface area contributed by atoms with Gasteiger partial charge in [-0.1, -0.05) is 0 Å². The molecule has 1 aromatic rings. The summed E-state index contributed by atoms with van der Waals surface area (Å²) < 4.78 is 73.8. The lowest BCUT2D eigenvalue weighted by atomic mass is 10.0. The van der Waals surface area contributed by atoms with E-state index < -0.39 is 29.8 Å². The van der Waals surface area contributed by atoms with Crippen LogP contribution >= 0.6 is 11.3 Å². The zero-order valence-corrected chi connectivity index (χ0v) is 10.5. The lowest BCUT2D eigenvalue weighted by molar-refractivity contribution is -0.350. The summed E-state index contributed by atoms with van der Waals surface area (Å²) in [6.07, 6.45) is -12.6. The summed E-state index contributed by atoms with van der Waals surface area (Å²) in [5, 5.41) is 11.3. The Morgan fingerprint density at radius 1 is 1.05 bits per heavy atom. The Hall–Kier alpha value is -1.82. The molecule has 21 heavy (non-hydrogen) atoms. The number of thiophene rings is 1. The summed E-state index contributed by atoms with van der Waals surface area (Å²) in [6.45, 7) is 0. The Kier molecular flexibility index (Phi) is 4.53. The molecule has 0 fully saturated rings. The molecule has 0 aromatic carbocycles. The van der Waals surface area contributed by atoms with E-state index in [9.17, 15) is 35.9 Å². The highest BCUT2D eigenvalue weighted by molar-refractivity contribution is 7.08. The van der Waals surface area contributed by atoms with Crippen molar-refractivity contribution in [2.24, 2.45) is 0 Å². The van der Waals surface area contributed by atoms with Crippen molar-refractivity contribution >= 4 is 23.2 Å². The Labute approximate surface area is 116 Å². The number of carbonyl (C=O) groups excluding carboxylic acids is 2. The highest BCUT2D eigenvalue weighted by atomic mass is 32.1. The summed E-state index contributed by atoms with van der Waals surface area (Å²) in [7, 11) is 0. The van der Waals surface area contributed by atoms with E-state index in [0.29, 0.717) is 0 Å². The maximum absolute atomic E-state index is 12.3. The maximum Gasteiger partial charge on any atom is 0.435 e. The molecule has 1 heterocycles. The van der Waals surface area contributed by atoms with Crippen LogP contribution in [0.4, 0.5) is 26.3 Å². The predicted octanol–water partition coefficient (Wildman–Crippen LogP) is 1.36. The number of hydrogen-bond acceptors (Lipinski definition) is 4. The molecule has 118 valence electrons. The van der Waals surface area contributed by atoms with Gasteiger partial charge in [0, 0.05) is 5.38 Å². The fraction of sp³-hybridized carbons (Fsp3) is 0.333. The standard InChI is InChI=1S/C9H6F6N2O3S/c10-8(11,12)7(20,9(13,14)15)6(19)17-16-5(18)4-1-2-21-3-4/h1-3,20H,(H,16,18)(H,17,19). The van der Waals surface area contributed by atoms with Crippen LogP contribution in [0.25, 0.3) is 0 Å². The molecule has 0 aliphatic heterocycles. The second kappa shape index (κ2) is 5.52. The molecule has 5 nitrogen and oxygen atoms in total. The third-order valence-corrected chi connectivity index (χ3v) is 2.91. The Morgan fingerprint density at radius 3 is 1.95 bits per heavy atom. The maximum atomic E-state index is 12.3. The Bertz CT molecular complexity index is 511. The van der Waals surface area contributed by atoms with Gasteiger partial charge in [-0.05, 0) is 11.4 Å². The molecule has 1 aromatic heterocycles. The molecule has 0 atom stereocenters. The van der Waals surface area contributed by atoms with Crippen molar-refractivity contribution in [3.8, 4) is 0 Å². The van der Waals surface area contributed by atoms with Crippen LogP contribution in [0.1, 0.15) is 10.4 Å². The molecule has 0 aliphatic rings. The van der Waals surface area contributed by atoms with E-state index in [1.807, 2.05) is 0 Å². The number of halogens is 6. The van der Waals surface area contributed by atoms with Gasteiger partial charge in [0.05, 0.1) is 5.56 Å².